The van der Waals surface area contributed by atoms with Gasteiger partial charge in [0.25, 0.3) is 16.0 Å². The molecule has 0 saturated carbocycles. The number of carbonyl (C=O) groups is 1. The summed E-state index contributed by atoms with van der Waals surface area (Å²) in [6.07, 6.45) is -1.22. The first-order valence-electron chi connectivity index (χ1n) is 6.70. The fourth-order valence-corrected chi connectivity index (χ4v) is 2.93. The highest BCUT2D eigenvalue weighted by Gasteiger charge is 2.28. The minimum Gasteiger partial charge on any atom is -0.357 e. The second kappa shape index (κ2) is 6.72. The van der Waals surface area contributed by atoms with E-state index in [0.29, 0.717) is 5.56 Å². The molecular weight excluding hydrogens is 302 g/mol. The molecule has 0 aromatic heterocycles. The quantitative estimate of drug-likeness (QED) is 0.858. The van der Waals surface area contributed by atoms with Crippen molar-refractivity contribution in [2.24, 2.45) is 0 Å². The maximum atomic E-state index is 12.3. The van der Waals surface area contributed by atoms with Crippen LogP contribution in [0.4, 0.5) is 0 Å². The average Bonchev–Trinajstić information content (AvgIpc) is 2.53. The molecule has 2 aromatic rings. The first kappa shape index (κ1) is 16.2. The zero-order valence-electron chi connectivity index (χ0n) is 12.3. The van der Waals surface area contributed by atoms with Crippen LogP contribution in [-0.4, -0.2) is 21.4 Å². The van der Waals surface area contributed by atoms with E-state index in [-0.39, 0.29) is 4.90 Å². The zero-order valence-corrected chi connectivity index (χ0v) is 13.1. The van der Waals surface area contributed by atoms with Crippen LogP contribution in [0.2, 0.25) is 0 Å². The van der Waals surface area contributed by atoms with E-state index in [1.807, 2.05) is 6.92 Å². The van der Waals surface area contributed by atoms with Crippen LogP contribution >= 0.6 is 0 Å². The van der Waals surface area contributed by atoms with E-state index in [9.17, 15) is 13.2 Å². The lowest BCUT2D eigenvalue weighted by Gasteiger charge is -2.16. The van der Waals surface area contributed by atoms with E-state index in [4.69, 9.17) is 4.18 Å². The van der Waals surface area contributed by atoms with E-state index < -0.39 is 22.1 Å². The third-order valence-corrected chi connectivity index (χ3v) is 4.41. The van der Waals surface area contributed by atoms with E-state index in [0.717, 1.165) is 5.56 Å². The van der Waals surface area contributed by atoms with Gasteiger partial charge in [-0.05, 0) is 24.6 Å². The Morgan fingerprint density at radius 2 is 1.64 bits per heavy atom. The Morgan fingerprint density at radius 3 is 2.18 bits per heavy atom. The van der Waals surface area contributed by atoms with Crippen molar-refractivity contribution in [3.05, 3.63) is 65.7 Å². The van der Waals surface area contributed by atoms with Gasteiger partial charge in [0.2, 0.25) is 0 Å². The first-order chi connectivity index (χ1) is 10.4. The van der Waals surface area contributed by atoms with Gasteiger partial charge in [0.1, 0.15) is 0 Å². The monoisotopic (exact) mass is 319 g/mol. The van der Waals surface area contributed by atoms with Crippen LogP contribution < -0.4 is 5.32 Å². The molecule has 1 atom stereocenters. The van der Waals surface area contributed by atoms with Crippen molar-refractivity contribution in [1.82, 2.24) is 5.32 Å². The molecule has 0 bridgehead atoms. The van der Waals surface area contributed by atoms with Crippen LogP contribution in [0.3, 0.4) is 0 Å². The molecule has 22 heavy (non-hydrogen) atoms. The lowest BCUT2D eigenvalue weighted by molar-refractivity contribution is -0.127. The lowest BCUT2D eigenvalue weighted by atomic mass is 10.1. The Labute approximate surface area is 130 Å². The van der Waals surface area contributed by atoms with Gasteiger partial charge in [0.15, 0.2) is 6.10 Å². The highest BCUT2D eigenvalue weighted by atomic mass is 32.2. The molecule has 2 aromatic carbocycles. The van der Waals surface area contributed by atoms with Crippen molar-refractivity contribution in [1.29, 1.82) is 0 Å². The number of carbonyl (C=O) groups excluding carboxylic acids is 1. The Hall–Kier alpha value is -2.18. The maximum Gasteiger partial charge on any atom is 0.298 e. The molecular formula is C16H17NO4S. The summed E-state index contributed by atoms with van der Waals surface area (Å²) in [5.41, 5.74) is 1.40. The van der Waals surface area contributed by atoms with Crippen LogP contribution in [0.15, 0.2) is 59.5 Å². The molecule has 5 nitrogen and oxygen atoms in total. The Balaban J connectivity index is 2.34. The van der Waals surface area contributed by atoms with Crippen molar-refractivity contribution in [2.75, 3.05) is 7.05 Å². The molecule has 116 valence electrons. The minimum atomic E-state index is -4.04. The molecule has 1 unspecified atom stereocenters. The number of rotatable bonds is 5. The number of hydrogen-bond donors (Lipinski definition) is 1. The molecule has 0 aliphatic heterocycles. The van der Waals surface area contributed by atoms with Gasteiger partial charge < -0.3 is 5.32 Å². The molecule has 0 aliphatic rings. The third kappa shape index (κ3) is 3.72. The van der Waals surface area contributed by atoms with Crippen LogP contribution in [-0.2, 0) is 19.1 Å². The predicted octanol–water partition coefficient (Wildman–Crippen LogP) is 2.19. The fourth-order valence-electron chi connectivity index (χ4n) is 1.90. The molecule has 2 rings (SSSR count). The SMILES string of the molecule is CNC(=O)C(OS(=O)(=O)c1ccc(C)cc1)c1ccccc1. The van der Waals surface area contributed by atoms with E-state index in [2.05, 4.69) is 5.32 Å². The molecule has 1 amide bonds. The molecule has 1 N–H and O–H groups in total. The normalized spacial score (nSPS) is 12.6. The fraction of sp³-hybridized carbons (Fsp3) is 0.188. The molecule has 0 heterocycles. The molecule has 0 fully saturated rings. The highest BCUT2D eigenvalue weighted by molar-refractivity contribution is 7.86. The number of nitrogens with one attached hydrogen (secondary N) is 1. The summed E-state index contributed by atoms with van der Waals surface area (Å²) in [6.45, 7) is 1.86. The predicted molar refractivity (Wildman–Crippen MR) is 82.7 cm³/mol. The second-order valence-corrected chi connectivity index (χ2v) is 6.34. The second-order valence-electron chi connectivity index (χ2n) is 4.77. The largest absolute Gasteiger partial charge is 0.357 e. The van der Waals surface area contributed by atoms with Gasteiger partial charge in [0.05, 0.1) is 4.90 Å². The van der Waals surface area contributed by atoms with Gasteiger partial charge in [-0.25, -0.2) is 4.18 Å². The summed E-state index contributed by atoms with van der Waals surface area (Å²) in [6, 6.07) is 14.8. The summed E-state index contributed by atoms with van der Waals surface area (Å²) in [7, 11) is -2.61. The number of likely N-dealkylation sites (N-methyl/N-ethyl adjacent to an activating group) is 1. The summed E-state index contributed by atoms with van der Waals surface area (Å²) in [5, 5.41) is 2.42. The highest BCUT2D eigenvalue weighted by Crippen LogP contribution is 2.24. The average molecular weight is 319 g/mol. The molecule has 0 spiro atoms. The van der Waals surface area contributed by atoms with Crippen molar-refractivity contribution in [3.8, 4) is 0 Å². The van der Waals surface area contributed by atoms with Crippen molar-refractivity contribution >= 4 is 16.0 Å². The lowest BCUT2D eigenvalue weighted by Crippen LogP contribution is -2.29. The van der Waals surface area contributed by atoms with Crippen LogP contribution in [0, 0.1) is 6.92 Å². The van der Waals surface area contributed by atoms with Crippen molar-refractivity contribution in [2.45, 2.75) is 17.9 Å². The summed E-state index contributed by atoms with van der Waals surface area (Å²) >= 11 is 0. The van der Waals surface area contributed by atoms with Crippen LogP contribution in [0.5, 0.6) is 0 Å². The molecule has 0 saturated heterocycles. The first-order valence-corrected chi connectivity index (χ1v) is 8.11. The molecule has 0 aliphatic carbocycles. The van der Waals surface area contributed by atoms with Gasteiger partial charge in [0, 0.05) is 7.05 Å². The zero-order chi connectivity index (χ0) is 16.2. The number of aryl methyl sites for hydroxylation is 1. The third-order valence-electron chi connectivity index (χ3n) is 3.12. The Kier molecular flexibility index (Phi) is 4.95. The summed E-state index contributed by atoms with van der Waals surface area (Å²) in [4.78, 5) is 12.0. The number of amides is 1. The maximum absolute atomic E-state index is 12.3. The van der Waals surface area contributed by atoms with Gasteiger partial charge in [-0.3, -0.25) is 4.79 Å². The van der Waals surface area contributed by atoms with Crippen molar-refractivity contribution in [3.63, 3.8) is 0 Å². The van der Waals surface area contributed by atoms with Crippen LogP contribution in [0.1, 0.15) is 17.2 Å². The van der Waals surface area contributed by atoms with Gasteiger partial charge >= 0.3 is 0 Å². The standard InChI is InChI=1S/C16H17NO4S/c1-12-8-10-14(11-9-12)22(19,20)21-15(16(18)17-2)13-6-4-3-5-7-13/h3-11,15H,1-2H3,(H,17,18). The van der Waals surface area contributed by atoms with Gasteiger partial charge in [-0.2, -0.15) is 8.42 Å². The molecule has 6 heteroatoms. The topological polar surface area (TPSA) is 72.5 Å². The van der Waals surface area contributed by atoms with Crippen molar-refractivity contribution < 1.29 is 17.4 Å². The van der Waals surface area contributed by atoms with Gasteiger partial charge in [-0.15, -0.1) is 0 Å². The Bertz CT molecular complexity index is 739. The van der Waals surface area contributed by atoms with Crippen LogP contribution in [0.25, 0.3) is 0 Å². The molecule has 0 radical (unpaired) electrons. The van der Waals surface area contributed by atoms with E-state index >= 15 is 0 Å². The van der Waals surface area contributed by atoms with Gasteiger partial charge in [-0.1, -0.05) is 48.0 Å². The van der Waals surface area contributed by atoms with E-state index in [1.54, 1.807) is 42.5 Å². The van der Waals surface area contributed by atoms with E-state index in [1.165, 1.54) is 19.2 Å². The Morgan fingerprint density at radius 1 is 1.05 bits per heavy atom. The number of hydrogen-bond acceptors (Lipinski definition) is 4. The summed E-state index contributed by atoms with van der Waals surface area (Å²) in [5.74, 6) is -0.526. The minimum absolute atomic E-state index is 0.0166. The number of benzene rings is 2. The summed E-state index contributed by atoms with van der Waals surface area (Å²) < 4.78 is 29.9. The smallest absolute Gasteiger partial charge is 0.298 e.